The van der Waals surface area contributed by atoms with Gasteiger partial charge in [0, 0.05) is 18.0 Å². The summed E-state index contributed by atoms with van der Waals surface area (Å²) in [6, 6.07) is 4.34. The molecule has 10 heteroatoms. The Morgan fingerprint density at radius 1 is 1.40 bits per heavy atom. The topological polar surface area (TPSA) is 94.8 Å². The Hall–Kier alpha value is -2.19. The number of rotatable bonds is 2. The van der Waals surface area contributed by atoms with Crippen molar-refractivity contribution >= 4 is 11.6 Å². The Labute approximate surface area is 170 Å². The van der Waals surface area contributed by atoms with E-state index < -0.39 is 64.6 Å². The number of nitriles is 1. The van der Waals surface area contributed by atoms with Crippen LogP contribution in [0.2, 0.25) is 0 Å². The van der Waals surface area contributed by atoms with Crippen molar-refractivity contribution in [2.45, 2.75) is 49.1 Å². The first-order chi connectivity index (χ1) is 14.1. The molecule has 5 rings (SSSR count). The van der Waals surface area contributed by atoms with Crippen LogP contribution in [0, 0.1) is 23.2 Å². The van der Waals surface area contributed by atoms with E-state index in [9.17, 15) is 23.1 Å². The minimum absolute atomic E-state index is 0.0151. The molecule has 2 N–H and O–H groups in total. The van der Waals surface area contributed by atoms with Crippen LogP contribution in [0.15, 0.2) is 18.2 Å². The van der Waals surface area contributed by atoms with E-state index in [1.54, 1.807) is 20.0 Å². The number of fused-ring (bicyclic) bond motifs is 2. The van der Waals surface area contributed by atoms with Crippen LogP contribution < -0.4 is 10.2 Å². The van der Waals surface area contributed by atoms with Gasteiger partial charge in [-0.05, 0) is 32.2 Å². The average Bonchev–Trinajstić information content (AvgIpc) is 3.23. The van der Waals surface area contributed by atoms with Crippen LogP contribution in [0.25, 0.3) is 0 Å². The zero-order valence-electron chi connectivity index (χ0n) is 16.2. The Morgan fingerprint density at radius 2 is 2.13 bits per heavy atom. The van der Waals surface area contributed by atoms with E-state index in [-0.39, 0.29) is 12.3 Å². The molecule has 30 heavy (non-hydrogen) atoms. The van der Waals surface area contributed by atoms with Gasteiger partial charge in [0.1, 0.15) is 17.9 Å². The highest BCUT2D eigenvalue weighted by atomic mass is 19.4. The predicted molar refractivity (Wildman–Crippen MR) is 96.1 cm³/mol. The van der Waals surface area contributed by atoms with E-state index in [4.69, 9.17) is 14.7 Å². The summed E-state index contributed by atoms with van der Waals surface area (Å²) in [5.74, 6) is -1.62. The monoisotopic (exact) mass is 423 g/mol. The van der Waals surface area contributed by atoms with Gasteiger partial charge >= 0.3 is 6.18 Å². The maximum Gasteiger partial charge on any atom is 0.417 e. The largest absolute Gasteiger partial charge is 0.417 e. The number of likely N-dealkylation sites (N-methyl/N-ethyl adjacent to an activating group) is 1. The molecule has 4 aliphatic rings. The van der Waals surface area contributed by atoms with E-state index in [0.717, 1.165) is 12.1 Å². The van der Waals surface area contributed by atoms with Crippen LogP contribution >= 0.6 is 0 Å². The molecule has 4 heterocycles. The zero-order valence-corrected chi connectivity index (χ0v) is 16.2. The first-order valence-electron chi connectivity index (χ1n) is 9.71. The van der Waals surface area contributed by atoms with Crippen LogP contribution in [0.4, 0.5) is 18.9 Å². The quantitative estimate of drug-likeness (QED) is 0.747. The summed E-state index contributed by atoms with van der Waals surface area (Å²) in [5.41, 5.74) is -3.62. The maximum atomic E-state index is 13.5. The van der Waals surface area contributed by atoms with Crippen molar-refractivity contribution in [1.82, 2.24) is 5.32 Å². The lowest BCUT2D eigenvalue weighted by atomic mass is 9.62. The van der Waals surface area contributed by atoms with E-state index in [0.29, 0.717) is 6.42 Å². The summed E-state index contributed by atoms with van der Waals surface area (Å²) < 4.78 is 52.6. The number of ether oxygens (including phenoxy) is 2. The van der Waals surface area contributed by atoms with Crippen molar-refractivity contribution in [3.05, 3.63) is 29.3 Å². The van der Waals surface area contributed by atoms with Crippen molar-refractivity contribution in [3.63, 3.8) is 0 Å². The van der Waals surface area contributed by atoms with Crippen LogP contribution in [0.3, 0.4) is 0 Å². The standard InChI is InChI=1S/C20H20F3N3O4/c1-18-12-13-17(29-6-5-19(13,30-18)14(25-2)15(18)27)26(16(12)28)10-4-3-9(8-24)11(7-10)20(21,22)23/h3-4,7,12-15,17,25,27H,5-6H2,1-2H3/t12-,13+,14-,15-,17+,18+,19-/m1/s1. The first-order valence-corrected chi connectivity index (χ1v) is 9.71. The summed E-state index contributed by atoms with van der Waals surface area (Å²) in [7, 11) is 1.71. The smallest absolute Gasteiger partial charge is 0.388 e. The molecule has 7 atom stereocenters. The number of carbonyl (C=O) groups excluding carboxylic acids is 1. The second kappa shape index (κ2) is 5.95. The highest BCUT2D eigenvalue weighted by Crippen LogP contribution is 2.65. The summed E-state index contributed by atoms with van der Waals surface area (Å²) in [6.07, 6.45) is -6.03. The van der Waals surface area contributed by atoms with Gasteiger partial charge in [-0.3, -0.25) is 9.69 Å². The number of aliphatic hydroxyl groups is 1. The van der Waals surface area contributed by atoms with Crippen molar-refractivity contribution in [2.75, 3.05) is 18.6 Å². The van der Waals surface area contributed by atoms with Gasteiger partial charge in [0.15, 0.2) is 0 Å². The second-order valence-corrected chi connectivity index (χ2v) is 8.51. The third-order valence-electron chi connectivity index (χ3n) is 7.25. The van der Waals surface area contributed by atoms with Crippen molar-refractivity contribution in [1.29, 1.82) is 5.26 Å². The van der Waals surface area contributed by atoms with Gasteiger partial charge in [-0.25, -0.2) is 0 Å². The number of hydrogen-bond acceptors (Lipinski definition) is 6. The molecule has 0 radical (unpaired) electrons. The van der Waals surface area contributed by atoms with E-state index in [1.807, 2.05) is 0 Å². The number of benzene rings is 1. The van der Waals surface area contributed by atoms with Crippen LogP contribution in [-0.4, -0.2) is 54.2 Å². The SMILES string of the molecule is CN[C@@H]1[C@@H](O)[C@@]2(C)O[C@@]13CCO[C@H]1[C@@H]3[C@@H]2C(=O)N1c1ccc(C#N)c(C(F)(F)F)c1. The average molecular weight is 423 g/mol. The normalized spacial score (nSPS) is 41.8. The zero-order chi connectivity index (χ0) is 21.6. The Bertz CT molecular complexity index is 979. The lowest BCUT2D eigenvalue weighted by molar-refractivity contribution is -0.145. The highest BCUT2D eigenvalue weighted by molar-refractivity contribution is 6.00. The summed E-state index contributed by atoms with van der Waals surface area (Å²) in [4.78, 5) is 14.7. The molecule has 7 nitrogen and oxygen atoms in total. The number of nitrogens with one attached hydrogen (secondary N) is 1. The number of halogens is 3. The number of amides is 1. The molecule has 2 bridgehead atoms. The Kier molecular flexibility index (Phi) is 3.91. The van der Waals surface area contributed by atoms with Gasteiger partial charge in [-0.1, -0.05) is 0 Å². The van der Waals surface area contributed by atoms with Gasteiger partial charge in [0.2, 0.25) is 5.91 Å². The predicted octanol–water partition coefficient (Wildman–Crippen LogP) is 1.39. The number of anilines is 1. The van der Waals surface area contributed by atoms with Crippen molar-refractivity contribution in [2.24, 2.45) is 11.8 Å². The van der Waals surface area contributed by atoms with Crippen LogP contribution in [0.1, 0.15) is 24.5 Å². The fourth-order valence-electron chi connectivity index (χ4n) is 6.11. The van der Waals surface area contributed by atoms with Gasteiger partial charge < -0.3 is 19.9 Å². The summed E-state index contributed by atoms with van der Waals surface area (Å²) >= 11 is 0. The molecular formula is C20H20F3N3O4. The molecular weight excluding hydrogens is 403 g/mol. The van der Waals surface area contributed by atoms with Gasteiger partial charge in [0.25, 0.3) is 0 Å². The Morgan fingerprint density at radius 3 is 2.77 bits per heavy atom. The number of alkyl halides is 3. The summed E-state index contributed by atoms with van der Waals surface area (Å²) in [6.45, 7) is 1.92. The highest BCUT2D eigenvalue weighted by Gasteiger charge is 2.81. The minimum Gasteiger partial charge on any atom is -0.388 e. The molecule has 4 aliphatic heterocycles. The molecule has 1 aromatic rings. The van der Waals surface area contributed by atoms with Crippen LogP contribution in [0.5, 0.6) is 0 Å². The first kappa shape index (κ1) is 19.8. The third-order valence-corrected chi connectivity index (χ3v) is 7.25. The molecule has 1 amide bonds. The lowest BCUT2D eigenvalue weighted by Crippen LogP contribution is -2.65. The van der Waals surface area contributed by atoms with E-state index in [1.165, 1.54) is 11.0 Å². The summed E-state index contributed by atoms with van der Waals surface area (Å²) in [5, 5.41) is 23.1. The molecule has 1 aromatic carbocycles. The molecule has 4 saturated heterocycles. The van der Waals surface area contributed by atoms with E-state index >= 15 is 0 Å². The fraction of sp³-hybridized carbons (Fsp3) is 0.600. The lowest BCUT2D eigenvalue weighted by Gasteiger charge is -2.46. The number of hydrogen-bond donors (Lipinski definition) is 2. The van der Waals surface area contributed by atoms with Gasteiger partial charge in [0.05, 0.1) is 41.4 Å². The van der Waals surface area contributed by atoms with Crippen LogP contribution in [-0.2, 0) is 20.4 Å². The number of nitrogens with zero attached hydrogens (tertiary/aromatic N) is 2. The molecule has 0 aromatic heterocycles. The molecule has 160 valence electrons. The number of carbonyl (C=O) groups is 1. The minimum atomic E-state index is -4.74. The fourth-order valence-corrected chi connectivity index (χ4v) is 6.11. The Balaban J connectivity index is 1.63. The molecule has 4 fully saturated rings. The molecule has 0 aliphatic carbocycles. The van der Waals surface area contributed by atoms with Crippen molar-refractivity contribution < 1.29 is 32.5 Å². The molecule has 0 saturated carbocycles. The molecule has 0 unspecified atom stereocenters. The van der Waals surface area contributed by atoms with E-state index in [2.05, 4.69) is 5.32 Å². The second-order valence-electron chi connectivity index (χ2n) is 8.51. The van der Waals surface area contributed by atoms with Gasteiger partial charge in [-0.2, -0.15) is 18.4 Å². The maximum absolute atomic E-state index is 13.5. The van der Waals surface area contributed by atoms with Crippen molar-refractivity contribution in [3.8, 4) is 6.07 Å². The van der Waals surface area contributed by atoms with Gasteiger partial charge in [-0.15, -0.1) is 0 Å². The third kappa shape index (κ3) is 2.16. The molecule has 1 spiro atoms. The number of aliphatic hydroxyl groups excluding tert-OH is 1.